The first kappa shape index (κ1) is 10.9. The van der Waals surface area contributed by atoms with E-state index in [1.165, 1.54) is 34.0 Å². The number of hydrogen-bond donors (Lipinski definition) is 1. The first-order valence-corrected chi connectivity index (χ1v) is 6.91. The Morgan fingerprint density at radius 2 is 2.00 bits per heavy atom. The topological polar surface area (TPSA) is 38.9 Å². The number of nitrogens with zero attached hydrogens (tertiary/aromatic N) is 1. The summed E-state index contributed by atoms with van der Waals surface area (Å²) >= 11 is 1.79. The number of nitrogens with two attached hydrogens (primary N) is 1. The maximum absolute atomic E-state index is 5.79. The van der Waals surface area contributed by atoms with Gasteiger partial charge in [0.25, 0.3) is 0 Å². The van der Waals surface area contributed by atoms with Crippen LogP contribution in [0.1, 0.15) is 39.9 Å². The third kappa shape index (κ3) is 2.40. The highest BCUT2D eigenvalue weighted by atomic mass is 32.1. The van der Waals surface area contributed by atoms with Gasteiger partial charge >= 0.3 is 0 Å². The molecule has 2 N–H and O–H groups in total. The third-order valence-electron chi connectivity index (χ3n) is 3.12. The molecule has 17 heavy (non-hydrogen) atoms. The Hall–Kier alpha value is -1.19. The summed E-state index contributed by atoms with van der Waals surface area (Å²) in [4.78, 5) is 6.07. The minimum Gasteiger partial charge on any atom is -0.326 e. The van der Waals surface area contributed by atoms with Gasteiger partial charge in [-0.05, 0) is 18.4 Å². The van der Waals surface area contributed by atoms with Gasteiger partial charge < -0.3 is 5.73 Å². The van der Waals surface area contributed by atoms with Crippen LogP contribution in [0.25, 0.3) is 0 Å². The van der Waals surface area contributed by atoms with Crippen molar-refractivity contribution in [2.45, 2.75) is 31.7 Å². The minimum absolute atomic E-state index is 0.637. The van der Waals surface area contributed by atoms with Crippen molar-refractivity contribution in [2.24, 2.45) is 5.73 Å². The van der Waals surface area contributed by atoms with Gasteiger partial charge in [0.1, 0.15) is 0 Å². The first-order chi connectivity index (χ1) is 8.36. The van der Waals surface area contributed by atoms with Gasteiger partial charge in [0, 0.05) is 23.8 Å². The SMILES string of the molecule is NCc1sc(Cc2ccccc2)nc1C1CC1. The van der Waals surface area contributed by atoms with Crippen molar-refractivity contribution in [1.82, 2.24) is 4.98 Å². The molecule has 0 atom stereocenters. The summed E-state index contributed by atoms with van der Waals surface area (Å²) in [5.74, 6) is 0.703. The van der Waals surface area contributed by atoms with E-state index in [0.29, 0.717) is 12.5 Å². The Kier molecular flexibility index (Phi) is 2.95. The summed E-state index contributed by atoms with van der Waals surface area (Å²) in [7, 11) is 0. The van der Waals surface area contributed by atoms with Gasteiger partial charge in [0.2, 0.25) is 0 Å². The van der Waals surface area contributed by atoms with E-state index in [-0.39, 0.29) is 0 Å². The molecule has 1 saturated carbocycles. The van der Waals surface area contributed by atoms with Gasteiger partial charge in [-0.15, -0.1) is 11.3 Å². The zero-order valence-corrected chi connectivity index (χ0v) is 10.5. The van der Waals surface area contributed by atoms with Crippen molar-refractivity contribution in [3.05, 3.63) is 51.5 Å². The van der Waals surface area contributed by atoms with Crippen molar-refractivity contribution in [2.75, 3.05) is 0 Å². The van der Waals surface area contributed by atoms with Gasteiger partial charge in [-0.3, -0.25) is 0 Å². The van der Waals surface area contributed by atoms with Gasteiger partial charge in [-0.25, -0.2) is 4.98 Å². The van der Waals surface area contributed by atoms with E-state index in [4.69, 9.17) is 10.7 Å². The molecule has 0 aliphatic heterocycles. The number of thiazole rings is 1. The van der Waals surface area contributed by atoms with Crippen molar-refractivity contribution in [1.29, 1.82) is 0 Å². The maximum Gasteiger partial charge on any atom is 0.0975 e. The lowest BCUT2D eigenvalue weighted by Gasteiger charge is -1.96. The lowest BCUT2D eigenvalue weighted by molar-refractivity contribution is 0.959. The van der Waals surface area contributed by atoms with Gasteiger partial charge in [0.05, 0.1) is 10.7 Å². The molecule has 0 bridgehead atoms. The fraction of sp³-hybridized carbons (Fsp3) is 0.357. The maximum atomic E-state index is 5.79. The predicted molar refractivity (Wildman–Crippen MR) is 71.2 cm³/mol. The highest BCUT2D eigenvalue weighted by molar-refractivity contribution is 7.11. The van der Waals surface area contributed by atoms with Gasteiger partial charge in [-0.2, -0.15) is 0 Å². The number of rotatable bonds is 4. The molecule has 1 fully saturated rings. The van der Waals surface area contributed by atoms with E-state index in [9.17, 15) is 0 Å². The molecule has 1 aromatic heterocycles. The summed E-state index contributed by atoms with van der Waals surface area (Å²) < 4.78 is 0. The monoisotopic (exact) mass is 244 g/mol. The normalized spacial score (nSPS) is 15.1. The lowest BCUT2D eigenvalue weighted by Crippen LogP contribution is -1.96. The molecule has 1 heterocycles. The zero-order chi connectivity index (χ0) is 11.7. The zero-order valence-electron chi connectivity index (χ0n) is 9.73. The summed E-state index contributed by atoms with van der Waals surface area (Å²) in [6.45, 7) is 0.637. The average Bonchev–Trinajstić information content (AvgIpc) is 3.13. The molecule has 2 aromatic rings. The fourth-order valence-corrected chi connectivity index (χ4v) is 3.15. The second-order valence-electron chi connectivity index (χ2n) is 4.56. The molecule has 0 unspecified atom stereocenters. The molecule has 88 valence electrons. The van der Waals surface area contributed by atoms with E-state index in [1.54, 1.807) is 11.3 Å². The summed E-state index contributed by atoms with van der Waals surface area (Å²) in [5.41, 5.74) is 8.40. The molecule has 1 aliphatic rings. The molecule has 1 aromatic carbocycles. The highest BCUT2D eigenvalue weighted by Gasteiger charge is 2.29. The second kappa shape index (κ2) is 4.59. The number of aromatic nitrogens is 1. The third-order valence-corrected chi connectivity index (χ3v) is 4.21. The summed E-state index contributed by atoms with van der Waals surface area (Å²) in [6, 6.07) is 10.5. The second-order valence-corrected chi connectivity index (χ2v) is 5.72. The Morgan fingerprint density at radius 3 is 2.65 bits per heavy atom. The van der Waals surface area contributed by atoms with Crippen LogP contribution in [0.15, 0.2) is 30.3 Å². The van der Waals surface area contributed by atoms with Crippen LogP contribution in [-0.2, 0) is 13.0 Å². The van der Waals surface area contributed by atoms with Gasteiger partial charge in [0.15, 0.2) is 0 Å². The molecule has 3 rings (SSSR count). The van der Waals surface area contributed by atoms with Crippen molar-refractivity contribution in [3.63, 3.8) is 0 Å². The molecule has 0 saturated heterocycles. The smallest absolute Gasteiger partial charge is 0.0975 e. The van der Waals surface area contributed by atoms with E-state index in [0.717, 1.165) is 6.42 Å². The molecule has 1 aliphatic carbocycles. The van der Waals surface area contributed by atoms with Crippen LogP contribution in [0.5, 0.6) is 0 Å². The molecular weight excluding hydrogens is 228 g/mol. The van der Waals surface area contributed by atoms with E-state index in [1.807, 2.05) is 6.07 Å². The number of benzene rings is 1. The van der Waals surface area contributed by atoms with E-state index >= 15 is 0 Å². The summed E-state index contributed by atoms with van der Waals surface area (Å²) in [5, 5.41) is 1.21. The van der Waals surface area contributed by atoms with Crippen molar-refractivity contribution in [3.8, 4) is 0 Å². The Labute approximate surface area is 106 Å². The Bertz CT molecular complexity index is 500. The van der Waals surface area contributed by atoms with Crippen LogP contribution in [0.3, 0.4) is 0 Å². The Balaban J connectivity index is 1.83. The molecule has 3 heteroatoms. The number of hydrogen-bond acceptors (Lipinski definition) is 3. The van der Waals surface area contributed by atoms with Crippen LogP contribution in [-0.4, -0.2) is 4.98 Å². The van der Waals surface area contributed by atoms with Crippen molar-refractivity contribution >= 4 is 11.3 Å². The van der Waals surface area contributed by atoms with Crippen LogP contribution < -0.4 is 5.73 Å². The van der Waals surface area contributed by atoms with Gasteiger partial charge in [-0.1, -0.05) is 30.3 Å². The average molecular weight is 244 g/mol. The van der Waals surface area contributed by atoms with Crippen LogP contribution >= 0.6 is 11.3 Å². The quantitative estimate of drug-likeness (QED) is 0.897. The predicted octanol–water partition coefficient (Wildman–Crippen LogP) is 3.07. The molecule has 2 nitrogen and oxygen atoms in total. The van der Waals surface area contributed by atoms with Crippen LogP contribution in [0, 0.1) is 0 Å². The minimum atomic E-state index is 0.637. The van der Waals surface area contributed by atoms with Crippen LogP contribution in [0.4, 0.5) is 0 Å². The molecule has 0 spiro atoms. The molecule has 0 amide bonds. The molecule has 0 radical (unpaired) electrons. The lowest BCUT2D eigenvalue weighted by atomic mass is 10.2. The molecular formula is C14H16N2S. The largest absolute Gasteiger partial charge is 0.326 e. The van der Waals surface area contributed by atoms with E-state index < -0.39 is 0 Å². The van der Waals surface area contributed by atoms with Crippen LogP contribution in [0.2, 0.25) is 0 Å². The first-order valence-electron chi connectivity index (χ1n) is 6.09. The standard InChI is InChI=1S/C14H16N2S/c15-9-12-14(11-6-7-11)16-13(17-12)8-10-4-2-1-3-5-10/h1-5,11H,6-9,15H2. The summed E-state index contributed by atoms with van der Waals surface area (Å²) in [6.07, 6.45) is 3.52. The fourth-order valence-electron chi connectivity index (χ4n) is 2.08. The van der Waals surface area contributed by atoms with E-state index in [2.05, 4.69) is 24.3 Å². The van der Waals surface area contributed by atoms with Crippen molar-refractivity contribution < 1.29 is 0 Å². The Morgan fingerprint density at radius 1 is 1.24 bits per heavy atom. The highest BCUT2D eigenvalue weighted by Crippen LogP contribution is 2.42.